The van der Waals surface area contributed by atoms with Crippen molar-refractivity contribution in [2.75, 3.05) is 53.0 Å². The predicted molar refractivity (Wildman–Crippen MR) is 72.3 cm³/mol. The standard InChI is InChI=1S/C13H30N2O2/c1-5-13(3,11-14-6-2)12-15(7-9-16)8-10-17-4/h14,16H,5-12H2,1-4H3. The van der Waals surface area contributed by atoms with E-state index in [2.05, 4.69) is 31.0 Å². The third-order valence-corrected chi connectivity index (χ3v) is 3.29. The molecule has 104 valence electrons. The summed E-state index contributed by atoms with van der Waals surface area (Å²) < 4.78 is 5.11. The lowest BCUT2D eigenvalue weighted by molar-refractivity contribution is 0.0936. The molecular weight excluding hydrogens is 216 g/mol. The molecule has 0 radical (unpaired) electrons. The summed E-state index contributed by atoms with van der Waals surface area (Å²) in [4.78, 5) is 2.28. The Morgan fingerprint density at radius 3 is 2.47 bits per heavy atom. The lowest BCUT2D eigenvalue weighted by atomic mass is 9.86. The largest absolute Gasteiger partial charge is 0.395 e. The maximum atomic E-state index is 9.08. The van der Waals surface area contributed by atoms with E-state index in [0.29, 0.717) is 0 Å². The highest BCUT2D eigenvalue weighted by molar-refractivity contribution is 4.79. The minimum atomic E-state index is 0.213. The fourth-order valence-corrected chi connectivity index (χ4v) is 1.89. The van der Waals surface area contributed by atoms with Gasteiger partial charge >= 0.3 is 0 Å². The van der Waals surface area contributed by atoms with Gasteiger partial charge in [-0.3, -0.25) is 4.90 Å². The van der Waals surface area contributed by atoms with Crippen LogP contribution in [0.25, 0.3) is 0 Å². The zero-order valence-electron chi connectivity index (χ0n) is 12.0. The van der Waals surface area contributed by atoms with E-state index in [9.17, 15) is 0 Å². The average molecular weight is 246 g/mol. The highest BCUT2D eigenvalue weighted by Gasteiger charge is 2.24. The third kappa shape index (κ3) is 7.71. The topological polar surface area (TPSA) is 44.7 Å². The zero-order chi connectivity index (χ0) is 13.1. The summed E-state index contributed by atoms with van der Waals surface area (Å²) in [6.45, 7) is 12.2. The highest BCUT2D eigenvalue weighted by atomic mass is 16.5. The molecule has 0 amide bonds. The van der Waals surface area contributed by atoms with E-state index < -0.39 is 0 Å². The molecule has 1 atom stereocenters. The molecule has 0 heterocycles. The van der Waals surface area contributed by atoms with Gasteiger partial charge in [-0.2, -0.15) is 0 Å². The number of aliphatic hydroxyl groups excluding tert-OH is 1. The Labute approximate surface area is 106 Å². The second-order valence-corrected chi connectivity index (χ2v) is 4.94. The lowest BCUT2D eigenvalue weighted by Crippen LogP contribution is -2.44. The first-order valence-corrected chi connectivity index (χ1v) is 6.64. The van der Waals surface area contributed by atoms with Crippen molar-refractivity contribution in [3.8, 4) is 0 Å². The van der Waals surface area contributed by atoms with Gasteiger partial charge in [0.15, 0.2) is 0 Å². The Bertz CT molecular complexity index is 179. The van der Waals surface area contributed by atoms with Gasteiger partial charge in [0.2, 0.25) is 0 Å². The van der Waals surface area contributed by atoms with Crippen LogP contribution in [0.1, 0.15) is 27.2 Å². The molecule has 0 saturated carbocycles. The first-order chi connectivity index (χ1) is 8.11. The number of nitrogens with zero attached hydrogens (tertiary/aromatic N) is 1. The molecule has 17 heavy (non-hydrogen) atoms. The van der Waals surface area contributed by atoms with E-state index in [1.165, 1.54) is 0 Å². The second kappa shape index (κ2) is 9.83. The van der Waals surface area contributed by atoms with Gasteiger partial charge in [0.05, 0.1) is 13.2 Å². The summed E-state index contributed by atoms with van der Waals surface area (Å²) in [5.74, 6) is 0. The molecular formula is C13H30N2O2. The Morgan fingerprint density at radius 1 is 1.29 bits per heavy atom. The van der Waals surface area contributed by atoms with Crippen LogP contribution < -0.4 is 5.32 Å². The molecule has 4 nitrogen and oxygen atoms in total. The van der Waals surface area contributed by atoms with Gasteiger partial charge in [0, 0.05) is 33.3 Å². The molecule has 0 aromatic rings. The van der Waals surface area contributed by atoms with E-state index in [4.69, 9.17) is 9.84 Å². The van der Waals surface area contributed by atoms with E-state index in [1.807, 2.05) is 0 Å². The molecule has 0 spiro atoms. The molecule has 0 aliphatic carbocycles. The van der Waals surface area contributed by atoms with Crippen molar-refractivity contribution in [3.05, 3.63) is 0 Å². The van der Waals surface area contributed by atoms with E-state index in [-0.39, 0.29) is 12.0 Å². The second-order valence-electron chi connectivity index (χ2n) is 4.94. The maximum absolute atomic E-state index is 9.08. The van der Waals surface area contributed by atoms with Gasteiger partial charge in [-0.15, -0.1) is 0 Å². The van der Waals surface area contributed by atoms with Crippen LogP contribution >= 0.6 is 0 Å². The van der Waals surface area contributed by atoms with E-state index >= 15 is 0 Å². The minimum absolute atomic E-state index is 0.213. The van der Waals surface area contributed by atoms with Crippen LogP contribution in [0.3, 0.4) is 0 Å². The van der Waals surface area contributed by atoms with Crippen molar-refractivity contribution >= 4 is 0 Å². The first kappa shape index (κ1) is 16.8. The number of hydrogen-bond donors (Lipinski definition) is 2. The summed E-state index contributed by atoms with van der Waals surface area (Å²) >= 11 is 0. The molecule has 0 aliphatic rings. The number of ether oxygens (including phenoxy) is 1. The van der Waals surface area contributed by atoms with Crippen LogP contribution in [0, 0.1) is 5.41 Å². The summed E-state index contributed by atoms with van der Waals surface area (Å²) in [5.41, 5.74) is 0.263. The van der Waals surface area contributed by atoms with Crippen molar-refractivity contribution in [2.24, 2.45) is 5.41 Å². The van der Waals surface area contributed by atoms with Gasteiger partial charge in [0.1, 0.15) is 0 Å². The lowest BCUT2D eigenvalue weighted by Gasteiger charge is -2.35. The SMILES string of the molecule is CCNCC(C)(CC)CN(CCO)CCOC. The van der Waals surface area contributed by atoms with Crippen LogP contribution in [0.4, 0.5) is 0 Å². The van der Waals surface area contributed by atoms with Crippen LogP contribution in [0.5, 0.6) is 0 Å². The number of nitrogens with one attached hydrogen (secondary N) is 1. The molecule has 0 fully saturated rings. The summed E-state index contributed by atoms with van der Waals surface area (Å²) in [5, 5.41) is 12.5. The fraction of sp³-hybridized carbons (Fsp3) is 1.00. The first-order valence-electron chi connectivity index (χ1n) is 6.64. The third-order valence-electron chi connectivity index (χ3n) is 3.29. The molecule has 0 rings (SSSR count). The molecule has 0 saturated heterocycles. The Balaban J connectivity index is 4.24. The maximum Gasteiger partial charge on any atom is 0.0589 e. The van der Waals surface area contributed by atoms with Crippen molar-refractivity contribution in [3.63, 3.8) is 0 Å². The Morgan fingerprint density at radius 2 is 2.00 bits per heavy atom. The summed E-state index contributed by atoms with van der Waals surface area (Å²) in [7, 11) is 1.72. The van der Waals surface area contributed by atoms with Crippen LogP contribution in [-0.2, 0) is 4.74 Å². The van der Waals surface area contributed by atoms with Crippen molar-refractivity contribution in [1.29, 1.82) is 0 Å². The van der Waals surface area contributed by atoms with E-state index in [0.717, 1.165) is 45.8 Å². The monoisotopic (exact) mass is 246 g/mol. The molecule has 2 N–H and O–H groups in total. The molecule has 4 heteroatoms. The van der Waals surface area contributed by atoms with Gasteiger partial charge in [-0.05, 0) is 18.4 Å². The van der Waals surface area contributed by atoms with Crippen molar-refractivity contribution < 1.29 is 9.84 Å². The van der Waals surface area contributed by atoms with Gasteiger partial charge in [-0.1, -0.05) is 20.8 Å². The average Bonchev–Trinajstić information content (AvgIpc) is 2.34. The highest BCUT2D eigenvalue weighted by Crippen LogP contribution is 2.21. The van der Waals surface area contributed by atoms with Gasteiger partial charge < -0.3 is 15.2 Å². The van der Waals surface area contributed by atoms with Gasteiger partial charge in [0.25, 0.3) is 0 Å². The Kier molecular flexibility index (Phi) is 9.74. The number of hydrogen-bond acceptors (Lipinski definition) is 4. The van der Waals surface area contributed by atoms with Crippen LogP contribution in [0.15, 0.2) is 0 Å². The van der Waals surface area contributed by atoms with Crippen LogP contribution in [0.2, 0.25) is 0 Å². The zero-order valence-corrected chi connectivity index (χ0v) is 12.0. The number of rotatable bonds is 11. The fourth-order valence-electron chi connectivity index (χ4n) is 1.89. The van der Waals surface area contributed by atoms with Crippen molar-refractivity contribution in [1.82, 2.24) is 10.2 Å². The molecule has 0 bridgehead atoms. The minimum Gasteiger partial charge on any atom is -0.395 e. The number of aliphatic hydroxyl groups is 1. The molecule has 0 aromatic carbocycles. The predicted octanol–water partition coefficient (Wildman–Crippen LogP) is 0.953. The van der Waals surface area contributed by atoms with Crippen LogP contribution in [-0.4, -0.2) is 63.1 Å². The molecule has 0 aromatic heterocycles. The smallest absolute Gasteiger partial charge is 0.0589 e. The summed E-state index contributed by atoms with van der Waals surface area (Å²) in [6.07, 6.45) is 1.13. The van der Waals surface area contributed by atoms with Gasteiger partial charge in [-0.25, -0.2) is 0 Å². The van der Waals surface area contributed by atoms with E-state index in [1.54, 1.807) is 7.11 Å². The molecule has 1 unspecified atom stereocenters. The normalized spacial score (nSPS) is 15.2. The number of methoxy groups -OCH3 is 1. The quantitative estimate of drug-likeness (QED) is 0.570. The Hall–Kier alpha value is -0.160. The van der Waals surface area contributed by atoms with Crippen molar-refractivity contribution in [2.45, 2.75) is 27.2 Å². The summed E-state index contributed by atoms with van der Waals surface area (Å²) in [6, 6.07) is 0. The molecule has 0 aliphatic heterocycles.